The molecule has 0 aromatic carbocycles. The van der Waals surface area contributed by atoms with Crippen molar-refractivity contribution in [3.8, 4) is 0 Å². The third kappa shape index (κ3) is 2.75. The molecule has 0 spiro atoms. The average molecular weight is 298 g/mol. The van der Waals surface area contributed by atoms with Crippen LogP contribution >= 0.6 is 11.6 Å². The third-order valence-electron chi connectivity index (χ3n) is 2.83. The fourth-order valence-corrected chi connectivity index (χ4v) is 2.35. The van der Waals surface area contributed by atoms with Crippen LogP contribution < -0.4 is 4.90 Å². The lowest BCUT2D eigenvalue weighted by atomic mass is 9.95. The van der Waals surface area contributed by atoms with Crippen LogP contribution in [0, 0.1) is 0 Å². The molecule has 1 aromatic rings. The van der Waals surface area contributed by atoms with Gasteiger partial charge in [-0.3, -0.25) is 4.79 Å². The molecule has 0 N–H and O–H groups in total. The molecule has 0 fully saturated rings. The quantitative estimate of drug-likeness (QED) is 0.688. The number of amides is 2. The first-order chi connectivity index (χ1) is 9.20. The first-order valence-electron chi connectivity index (χ1n) is 6.27. The highest BCUT2D eigenvalue weighted by Crippen LogP contribution is 2.38. The van der Waals surface area contributed by atoms with Crippen molar-refractivity contribution in [2.24, 2.45) is 0 Å². The van der Waals surface area contributed by atoms with Crippen LogP contribution in [-0.4, -0.2) is 27.6 Å². The average Bonchev–Trinajstić information content (AvgIpc) is 2.25. The van der Waals surface area contributed by atoms with Crippen molar-refractivity contribution in [1.29, 1.82) is 0 Å². The summed E-state index contributed by atoms with van der Waals surface area (Å²) in [7, 11) is 0. The zero-order chi connectivity index (χ0) is 15.1. The Bertz CT molecular complexity index is 568. The fraction of sp³-hybridized carbons (Fsp3) is 0.538. The van der Waals surface area contributed by atoms with Gasteiger partial charge in [-0.25, -0.2) is 14.8 Å². The summed E-state index contributed by atoms with van der Waals surface area (Å²) in [6, 6.07) is 0. The molecule has 1 aromatic heterocycles. The number of hydrogen-bond acceptors (Lipinski definition) is 5. The highest BCUT2D eigenvalue weighted by molar-refractivity contribution is 6.31. The molecule has 1 atom stereocenters. The van der Waals surface area contributed by atoms with Crippen LogP contribution in [0.25, 0.3) is 0 Å². The van der Waals surface area contributed by atoms with Gasteiger partial charge in [0.15, 0.2) is 5.82 Å². The third-order valence-corrected chi connectivity index (χ3v) is 3.13. The molecule has 6 nitrogen and oxygen atoms in total. The smallest absolute Gasteiger partial charge is 0.423 e. The van der Waals surface area contributed by atoms with E-state index in [1.165, 1.54) is 6.33 Å². The van der Waals surface area contributed by atoms with Gasteiger partial charge in [0.05, 0.1) is 0 Å². The second-order valence-electron chi connectivity index (χ2n) is 5.72. The molecule has 0 bridgehead atoms. The van der Waals surface area contributed by atoms with Crippen LogP contribution in [0.2, 0.25) is 5.15 Å². The molecule has 20 heavy (non-hydrogen) atoms. The van der Waals surface area contributed by atoms with Crippen molar-refractivity contribution < 1.29 is 14.3 Å². The lowest BCUT2D eigenvalue weighted by molar-refractivity contribution is -0.119. The summed E-state index contributed by atoms with van der Waals surface area (Å²) in [5.74, 6) is -0.276. The zero-order valence-electron chi connectivity index (χ0n) is 11.8. The predicted octanol–water partition coefficient (Wildman–Crippen LogP) is 2.91. The molecule has 0 aliphatic carbocycles. The second kappa shape index (κ2) is 5.01. The summed E-state index contributed by atoms with van der Waals surface area (Å²) < 4.78 is 5.24. The number of rotatable bonds is 0. The van der Waals surface area contributed by atoms with Gasteiger partial charge >= 0.3 is 6.09 Å². The summed E-state index contributed by atoms with van der Waals surface area (Å²) >= 11 is 6.05. The van der Waals surface area contributed by atoms with Crippen molar-refractivity contribution in [2.75, 3.05) is 4.90 Å². The van der Waals surface area contributed by atoms with Crippen molar-refractivity contribution in [3.05, 3.63) is 17.0 Å². The Hall–Kier alpha value is -1.69. The molecule has 108 valence electrons. The van der Waals surface area contributed by atoms with Crippen molar-refractivity contribution in [1.82, 2.24) is 9.97 Å². The molecule has 2 amide bonds. The summed E-state index contributed by atoms with van der Waals surface area (Å²) in [5, 5.41) is 0.253. The molecule has 0 saturated carbocycles. The van der Waals surface area contributed by atoms with E-state index in [9.17, 15) is 9.59 Å². The topological polar surface area (TPSA) is 72.4 Å². The van der Waals surface area contributed by atoms with E-state index in [1.54, 1.807) is 20.8 Å². The number of imide groups is 1. The highest BCUT2D eigenvalue weighted by Gasteiger charge is 2.38. The Balaban J connectivity index is 2.45. The minimum atomic E-state index is -0.745. The van der Waals surface area contributed by atoms with E-state index in [2.05, 4.69) is 9.97 Å². The monoisotopic (exact) mass is 297 g/mol. The summed E-state index contributed by atoms with van der Waals surface area (Å²) in [4.78, 5) is 33.2. The number of halogens is 1. The van der Waals surface area contributed by atoms with Crippen molar-refractivity contribution in [2.45, 2.75) is 45.6 Å². The van der Waals surface area contributed by atoms with Gasteiger partial charge in [-0.2, -0.15) is 4.90 Å². The molecular formula is C13H16ClN3O3. The Morgan fingerprint density at radius 2 is 2.10 bits per heavy atom. The van der Waals surface area contributed by atoms with E-state index in [1.807, 2.05) is 6.92 Å². The predicted molar refractivity (Wildman–Crippen MR) is 73.8 cm³/mol. The number of carbonyl (C=O) groups is 2. The van der Waals surface area contributed by atoms with Gasteiger partial charge in [0.25, 0.3) is 0 Å². The molecule has 1 aliphatic heterocycles. The van der Waals surface area contributed by atoms with Crippen LogP contribution in [-0.2, 0) is 9.53 Å². The van der Waals surface area contributed by atoms with Gasteiger partial charge in [0.2, 0.25) is 5.91 Å². The molecule has 1 unspecified atom stereocenters. The summed E-state index contributed by atoms with van der Waals surface area (Å²) in [6.45, 7) is 7.04. The fourth-order valence-electron chi connectivity index (χ4n) is 2.04. The Labute approximate surface area is 122 Å². The first-order valence-corrected chi connectivity index (χ1v) is 6.65. The molecule has 1 aliphatic rings. The number of hydrogen-bond donors (Lipinski definition) is 0. The highest BCUT2D eigenvalue weighted by atomic mass is 35.5. The lowest BCUT2D eigenvalue weighted by Crippen LogP contribution is -2.44. The standard InChI is InChI=1S/C13H16ClN3O3/c1-7-5-8(18)17(12(19)20-13(2,3)4)11-9(7)10(14)15-6-16-11/h6-7H,5H2,1-4H3. The Morgan fingerprint density at radius 1 is 1.45 bits per heavy atom. The molecule has 2 rings (SSSR count). The first kappa shape index (κ1) is 14.7. The van der Waals surface area contributed by atoms with Gasteiger partial charge in [-0.05, 0) is 26.7 Å². The maximum Gasteiger partial charge on any atom is 0.423 e. The number of nitrogens with zero attached hydrogens (tertiary/aromatic N) is 3. The largest absolute Gasteiger partial charge is 0.443 e. The van der Waals surface area contributed by atoms with Gasteiger partial charge in [-0.1, -0.05) is 18.5 Å². The number of aromatic nitrogens is 2. The summed E-state index contributed by atoms with van der Waals surface area (Å²) in [6.07, 6.45) is 0.647. The normalized spacial score (nSPS) is 18.8. The number of anilines is 1. The van der Waals surface area contributed by atoms with E-state index < -0.39 is 11.7 Å². The second-order valence-corrected chi connectivity index (χ2v) is 6.07. The van der Waals surface area contributed by atoms with Crippen LogP contribution in [0.5, 0.6) is 0 Å². The Morgan fingerprint density at radius 3 is 2.70 bits per heavy atom. The molecule has 2 heterocycles. The van der Waals surface area contributed by atoms with Gasteiger partial charge in [-0.15, -0.1) is 0 Å². The maximum absolute atomic E-state index is 12.2. The lowest BCUT2D eigenvalue weighted by Gasteiger charge is -2.31. The molecule has 0 radical (unpaired) electrons. The zero-order valence-corrected chi connectivity index (χ0v) is 12.6. The van der Waals surface area contributed by atoms with E-state index in [4.69, 9.17) is 16.3 Å². The van der Waals surface area contributed by atoms with Crippen LogP contribution in [0.1, 0.15) is 45.6 Å². The minimum absolute atomic E-state index is 0.134. The van der Waals surface area contributed by atoms with Crippen LogP contribution in [0.15, 0.2) is 6.33 Å². The van der Waals surface area contributed by atoms with Crippen LogP contribution in [0.4, 0.5) is 10.6 Å². The molecular weight excluding hydrogens is 282 g/mol. The Kier molecular flexibility index (Phi) is 3.69. The van der Waals surface area contributed by atoms with Gasteiger partial charge < -0.3 is 4.74 Å². The van der Waals surface area contributed by atoms with Crippen LogP contribution in [0.3, 0.4) is 0 Å². The van der Waals surface area contributed by atoms with Crippen molar-refractivity contribution >= 4 is 29.4 Å². The van der Waals surface area contributed by atoms with E-state index in [-0.39, 0.29) is 29.2 Å². The molecule has 7 heteroatoms. The van der Waals surface area contributed by atoms with E-state index >= 15 is 0 Å². The number of ether oxygens (including phenoxy) is 1. The van der Waals surface area contributed by atoms with E-state index in [0.29, 0.717) is 5.56 Å². The minimum Gasteiger partial charge on any atom is -0.443 e. The van der Waals surface area contributed by atoms with Crippen molar-refractivity contribution in [3.63, 3.8) is 0 Å². The van der Waals surface area contributed by atoms with Gasteiger partial charge in [0, 0.05) is 12.0 Å². The van der Waals surface area contributed by atoms with E-state index in [0.717, 1.165) is 4.90 Å². The number of carbonyl (C=O) groups excluding carboxylic acids is 2. The summed E-state index contributed by atoms with van der Waals surface area (Å²) in [5.41, 5.74) is -0.100. The molecule has 0 saturated heterocycles. The SMILES string of the molecule is CC1CC(=O)N(C(=O)OC(C)(C)C)c2ncnc(Cl)c21. The van der Waals surface area contributed by atoms with Gasteiger partial charge in [0.1, 0.15) is 17.1 Å². The maximum atomic E-state index is 12.2. The number of fused-ring (bicyclic) bond motifs is 1.